The molecule has 0 saturated carbocycles. The van der Waals surface area contributed by atoms with Crippen LogP contribution in [0, 0.1) is 0 Å². The van der Waals surface area contributed by atoms with E-state index in [1.807, 2.05) is 0 Å². The Kier molecular flexibility index (Phi) is 4.76. The number of benzene rings is 1. The molecule has 0 radical (unpaired) electrons. The summed E-state index contributed by atoms with van der Waals surface area (Å²) in [6, 6.07) is 4.90. The van der Waals surface area contributed by atoms with Gasteiger partial charge in [0, 0.05) is 5.69 Å². The summed E-state index contributed by atoms with van der Waals surface area (Å²) >= 11 is 6.85. The summed E-state index contributed by atoms with van der Waals surface area (Å²) in [5, 5.41) is 0.403. The van der Waals surface area contributed by atoms with Crippen molar-refractivity contribution in [2.45, 2.75) is 11.1 Å². The maximum absolute atomic E-state index is 11.8. The number of anilines is 1. The van der Waals surface area contributed by atoms with Crippen molar-refractivity contribution >= 4 is 29.1 Å². The molecule has 0 aromatic heterocycles. The van der Waals surface area contributed by atoms with Crippen LogP contribution in [0.5, 0.6) is 0 Å². The van der Waals surface area contributed by atoms with Crippen LogP contribution in [0.25, 0.3) is 0 Å². The standard InChI is InChI=1S/C9H9ClF3NOS/c10-6-2-1-3-7(14)8(6)16-5-15-4-9(11,12)13/h1-3H,4-5,14H2. The van der Waals surface area contributed by atoms with Gasteiger partial charge in [0.25, 0.3) is 0 Å². The second-order valence-corrected chi connectivity index (χ2v) is 4.22. The monoisotopic (exact) mass is 271 g/mol. The van der Waals surface area contributed by atoms with Crippen LogP contribution in [0.15, 0.2) is 23.1 Å². The van der Waals surface area contributed by atoms with E-state index in [9.17, 15) is 13.2 Å². The summed E-state index contributed by atoms with van der Waals surface area (Å²) in [7, 11) is 0. The summed E-state index contributed by atoms with van der Waals surface area (Å²) in [6.45, 7) is -1.27. The molecular formula is C9H9ClF3NOS. The van der Waals surface area contributed by atoms with Crippen LogP contribution in [0.1, 0.15) is 0 Å². The summed E-state index contributed by atoms with van der Waals surface area (Å²) < 4.78 is 39.7. The number of halogens is 4. The first-order valence-corrected chi connectivity index (χ1v) is 5.58. The molecule has 0 atom stereocenters. The summed E-state index contributed by atoms with van der Waals surface area (Å²) in [4.78, 5) is 0.534. The molecule has 16 heavy (non-hydrogen) atoms. The van der Waals surface area contributed by atoms with Gasteiger partial charge in [0.2, 0.25) is 0 Å². The van der Waals surface area contributed by atoms with Gasteiger partial charge in [-0.05, 0) is 12.1 Å². The van der Waals surface area contributed by atoms with Crippen molar-refractivity contribution in [1.29, 1.82) is 0 Å². The van der Waals surface area contributed by atoms with Gasteiger partial charge in [-0.1, -0.05) is 29.4 Å². The van der Waals surface area contributed by atoms with E-state index in [2.05, 4.69) is 4.74 Å². The van der Waals surface area contributed by atoms with Gasteiger partial charge in [0.1, 0.15) is 6.61 Å². The fraction of sp³-hybridized carbons (Fsp3) is 0.333. The van der Waals surface area contributed by atoms with E-state index >= 15 is 0 Å². The minimum absolute atomic E-state index is 0.145. The molecule has 0 aliphatic rings. The highest BCUT2D eigenvalue weighted by Crippen LogP contribution is 2.32. The number of rotatable bonds is 4. The fourth-order valence-electron chi connectivity index (χ4n) is 0.936. The maximum Gasteiger partial charge on any atom is 0.411 e. The Morgan fingerprint density at radius 2 is 2.06 bits per heavy atom. The zero-order chi connectivity index (χ0) is 12.2. The Bertz CT molecular complexity index is 339. The molecule has 90 valence electrons. The lowest BCUT2D eigenvalue weighted by atomic mass is 10.3. The SMILES string of the molecule is Nc1cccc(Cl)c1SCOCC(F)(F)F. The van der Waals surface area contributed by atoms with E-state index in [1.165, 1.54) is 0 Å². The van der Waals surface area contributed by atoms with E-state index in [-0.39, 0.29) is 5.94 Å². The third-order valence-electron chi connectivity index (χ3n) is 1.55. The zero-order valence-corrected chi connectivity index (χ0v) is 9.62. The minimum atomic E-state index is -4.31. The highest BCUT2D eigenvalue weighted by molar-refractivity contribution is 7.99. The predicted octanol–water partition coefficient (Wildman–Crippen LogP) is 3.55. The average molecular weight is 272 g/mol. The van der Waals surface area contributed by atoms with Crippen molar-refractivity contribution < 1.29 is 17.9 Å². The molecule has 7 heteroatoms. The van der Waals surface area contributed by atoms with E-state index in [0.29, 0.717) is 15.6 Å². The largest absolute Gasteiger partial charge is 0.411 e. The van der Waals surface area contributed by atoms with Crippen LogP contribution in [-0.4, -0.2) is 18.7 Å². The Morgan fingerprint density at radius 3 is 2.62 bits per heavy atom. The van der Waals surface area contributed by atoms with Crippen LogP contribution in [-0.2, 0) is 4.74 Å². The number of ether oxygens (including phenoxy) is 1. The van der Waals surface area contributed by atoms with Crippen LogP contribution < -0.4 is 5.73 Å². The molecule has 2 nitrogen and oxygen atoms in total. The number of nitrogen functional groups attached to an aromatic ring is 1. The van der Waals surface area contributed by atoms with Crippen molar-refractivity contribution in [3.05, 3.63) is 23.2 Å². The summed E-state index contributed by atoms with van der Waals surface area (Å²) in [5.41, 5.74) is 6.03. The average Bonchev–Trinajstić information content (AvgIpc) is 2.14. The second kappa shape index (κ2) is 5.65. The molecule has 1 aromatic rings. The molecule has 0 unspecified atom stereocenters. The minimum Gasteiger partial charge on any atom is -0.398 e. The number of alkyl halides is 3. The topological polar surface area (TPSA) is 35.2 Å². The van der Waals surface area contributed by atoms with Gasteiger partial charge in [-0.2, -0.15) is 13.2 Å². The zero-order valence-electron chi connectivity index (χ0n) is 8.05. The smallest absolute Gasteiger partial charge is 0.398 e. The van der Waals surface area contributed by atoms with Crippen LogP contribution in [0.4, 0.5) is 18.9 Å². The number of hydrogen-bond donors (Lipinski definition) is 1. The predicted molar refractivity (Wildman–Crippen MR) is 58.6 cm³/mol. The van der Waals surface area contributed by atoms with Gasteiger partial charge in [-0.3, -0.25) is 0 Å². The molecule has 0 heterocycles. The molecule has 0 aliphatic carbocycles. The number of thioether (sulfide) groups is 1. The lowest BCUT2D eigenvalue weighted by Gasteiger charge is -2.09. The van der Waals surface area contributed by atoms with Crippen molar-refractivity contribution in [3.8, 4) is 0 Å². The van der Waals surface area contributed by atoms with Crippen LogP contribution in [0.3, 0.4) is 0 Å². The van der Waals surface area contributed by atoms with Gasteiger partial charge in [-0.15, -0.1) is 0 Å². The molecule has 1 rings (SSSR count). The highest BCUT2D eigenvalue weighted by atomic mass is 35.5. The van der Waals surface area contributed by atoms with E-state index < -0.39 is 12.8 Å². The Morgan fingerprint density at radius 1 is 1.38 bits per heavy atom. The molecular weight excluding hydrogens is 263 g/mol. The summed E-state index contributed by atoms with van der Waals surface area (Å²) in [5.74, 6) is -0.145. The first-order valence-electron chi connectivity index (χ1n) is 4.21. The molecule has 0 saturated heterocycles. The Hall–Kier alpha value is -0.590. The van der Waals surface area contributed by atoms with E-state index in [0.717, 1.165) is 11.8 Å². The van der Waals surface area contributed by atoms with Gasteiger partial charge >= 0.3 is 6.18 Å². The molecule has 0 spiro atoms. The molecule has 1 aromatic carbocycles. The Balaban J connectivity index is 2.43. The lowest BCUT2D eigenvalue weighted by Crippen LogP contribution is -2.16. The molecule has 0 bridgehead atoms. The van der Waals surface area contributed by atoms with Gasteiger partial charge in [-0.25, -0.2) is 0 Å². The first-order chi connectivity index (χ1) is 7.40. The second-order valence-electron chi connectivity index (χ2n) is 2.88. The first kappa shape index (κ1) is 13.5. The maximum atomic E-state index is 11.8. The third-order valence-corrected chi connectivity index (χ3v) is 3.01. The third kappa shape index (κ3) is 4.51. The molecule has 0 aliphatic heterocycles. The number of nitrogens with two attached hydrogens (primary N) is 1. The van der Waals surface area contributed by atoms with Crippen molar-refractivity contribution in [2.75, 3.05) is 18.3 Å². The van der Waals surface area contributed by atoms with Gasteiger partial charge < -0.3 is 10.5 Å². The van der Waals surface area contributed by atoms with Crippen molar-refractivity contribution in [1.82, 2.24) is 0 Å². The quantitative estimate of drug-likeness (QED) is 0.394. The van der Waals surface area contributed by atoms with Gasteiger partial charge in [0.15, 0.2) is 0 Å². The van der Waals surface area contributed by atoms with E-state index in [1.54, 1.807) is 18.2 Å². The van der Waals surface area contributed by atoms with Crippen molar-refractivity contribution in [3.63, 3.8) is 0 Å². The normalized spacial score (nSPS) is 11.8. The van der Waals surface area contributed by atoms with E-state index in [4.69, 9.17) is 17.3 Å². The molecule has 2 N–H and O–H groups in total. The molecule has 0 fully saturated rings. The number of hydrogen-bond acceptors (Lipinski definition) is 3. The summed E-state index contributed by atoms with van der Waals surface area (Å²) in [6.07, 6.45) is -4.31. The molecule has 0 amide bonds. The highest BCUT2D eigenvalue weighted by Gasteiger charge is 2.27. The lowest BCUT2D eigenvalue weighted by molar-refractivity contribution is -0.168. The van der Waals surface area contributed by atoms with Crippen molar-refractivity contribution in [2.24, 2.45) is 0 Å². The fourth-order valence-corrected chi connectivity index (χ4v) is 2.01. The van der Waals surface area contributed by atoms with Crippen LogP contribution >= 0.6 is 23.4 Å². The van der Waals surface area contributed by atoms with Gasteiger partial charge in [0.05, 0.1) is 15.9 Å². The van der Waals surface area contributed by atoms with Crippen LogP contribution in [0.2, 0.25) is 5.02 Å². The Labute approximate surface area is 99.9 Å².